The number of para-hydroxylation sites is 1. The number of ether oxygens (including phenoxy) is 1. The zero-order chi connectivity index (χ0) is 19.7. The van der Waals surface area contributed by atoms with Gasteiger partial charge in [0.15, 0.2) is 0 Å². The van der Waals surface area contributed by atoms with Gasteiger partial charge in [-0.1, -0.05) is 18.2 Å². The molecule has 0 saturated carbocycles. The molecule has 2 atom stereocenters. The number of aliphatic carboxylic acids is 1. The molecule has 3 heterocycles. The first kappa shape index (κ1) is 18.4. The number of hydrogen-bond acceptors (Lipinski definition) is 5. The van der Waals surface area contributed by atoms with E-state index in [9.17, 15) is 14.7 Å². The molecular formula is C21H23N3O4. The fraction of sp³-hybridized carbons (Fsp3) is 0.381. The average Bonchev–Trinajstić information content (AvgIpc) is 3.11. The van der Waals surface area contributed by atoms with Gasteiger partial charge >= 0.3 is 5.97 Å². The van der Waals surface area contributed by atoms with Crippen molar-refractivity contribution in [3.05, 3.63) is 59.9 Å². The molecule has 1 N–H and O–H groups in total. The Balaban J connectivity index is 1.49. The predicted octanol–water partition coefficient (Wildman–Crippen LogP) is 1.60. The third kappa shape index (κ3) is 3.22. The van der Waals surface area contributed by atoms with Crippen molar-refractivity contribution in [2.45, 2.75) is 12.5 Å². The molecule has 2 aliphatic heterocycles. The second-order valence-corrected chi connectivity index (χ2v) is 7.64. The maximum atomic E-state index is 12.9. The maximum Gasteiger partial charge on any atom is 0.315 e. The standard InChI is InChI=1S/C21H23N3O4/c1-23(10-15-6-8-22-9-7-15)12-19(25)24-11-17-16-4-2-3-5-18(16)28-14-21(17,13-24)20(26)27/h2-9,17H,10-14H2,1H3,(H,26,27)/t17-,21-/m1/s1. The number of fused-ring (bicyclic) bond motifs is 3. The zero-order valence-corrected chi connectivity index (χ0v) is 15.7. The summed E-state index contributed by atoms with van der Waals surface area (Å²) in [6.45, 7) is 1.51. The molecule has 2 aliphatic rings. The van der Waals surface area contributed by atoms with Crippen LogP contribution in [0.25, 0.3) is 0 Å². The number of carbonyl (C=O) groups excluding carboxylic acids is 1. The Morgan fingerprint density at radius 2 is 2.04 bits per heavy atom. The van der Waals surface area contributed by atoms with Gasteiger partial charge in [-0.2, -0.15) is 0 Å². The van der Waals surface area contributed by atoms with Gasteiger partial charge in [0.25, 0.3) is 0 Å². The molecule has 2 aromatic rings. The lowest BCUT2D eigenvalue weighted by atomic mass is 9.73. The van der Waals surface area contributed by atoms with Crippen LogP contribution in [0.15, 0.2) is 48.8 Å². The van der Waals surface area contributed by atoms with E-state index in [1.54, 1.807) is 17.3 Å². The van der Waals surface area contributed by atoms with Crippen LogP contribution in [0.4, 0.5) is 0 Å². The Morgan fingerprint density at radius 3 is 2.79 bits per heavy atom. The normalized spacial score (nSPS) is 23.1. The van der Waals surface area contributed by atoms with Crippen LogP contribution in [0.5, 0.6) is 5.75 Å². The van der Waals surface area contributed by atoms with Crippen molar-refractivity contribution in [2.75, 3.05) is 33.3 Å². The number of carboxylic acids is 1. The maximum absolute atomic E-state index is 12.9. The monoisotopic (exact) mass is 381 g/mol. The number of rotatable bonds is 5. The molecular weight excluding hydrogens is 358 g/mol. The number of carbonyl (C=O) groups is 2. The number of likely N-dealkylation sites (N-methyl/N-ethyl adjacent to an activating group) is 1. The van der Waals surface area contributed by atoms with Crippen molar-refractivity contribution in [3.8, 4) is 5.75 Å². The predicted molar refractivity (Wildman–Crippen MR) is 102 cm³/mol. The van der Waals surface area contributed by atoms with Crippen LogP contribution in [0, 0.1) is 5.41 Å². The van der Waals surface area contributed by atoms with Crippen LogP contribution in [-0.2, 0) is 16.1 Å². The van der Waals surface area contributed by atoms with E-state index in [0.717, 1.165) is 11.1 Å². The molecule has 1 aromatic heterocycles. The van der Waals surface area contributed by atoms with Gasteiger partial charge in [-0.05, 0) is 30.8 Å². The van der Waals surface area contributed by atoms with Crippen LogP contribution >= 0.6 is 0 Å². The second-order valence-electron chi connectivity index (χ2n) is 7.64. The van der Waals surface area contributed by atoms with Crippen LogP contribution in [-0.4, -0.2) is 65.1 Å². The van der Waals surface area contributed by atoms with Crippen LogP contribution in [0.3, 0.4) is 0 Å². The van der Waals surface area contributed by atoms with Gasteiger partial charge in [0.05, 0.1) is 6.54 Å². The lowest BCUT2D eigenvalue weighted by Crippen LogP contribution is -2.46. The van der Waals surface area contributed by atoms with Crippen molar-refractivity contribution < 1.29 is 19.4 Å². The highest BCUT2D eigenvalue weighted by Crippen LogP contribution is 2.49. The van der Waals surface area contributed by atoms with Gasteiger partial charge in [0.2, 0.25) is 5.91 Å². The Bertz CT molecular complexity index is 888. The lowest BCUT2D eigenvalue weighted by Gasteiger charge is -2.35. The molecule has 4 rings (SSSR count). The number of nitrogens with zero attached hydrogens (tertiary/aromatic N) is 3. The molecule has 7 nitrogen and oxygen atoms in total. The van der Waals surface area contributed by atoms with Crippen LogP contribution in [0.1, 0.15) is 17.0 Å². The van der Waals surface area contributed by atoms with E-state index in [1.165, 1.54) is 0 Å². The fourth-order valence-corrected chi connectivity index (χ4v) is 4.21. The third-order valence-electron chi connectivity index (χ3n) is 5.71. The fourth-order valence-electron chi connectivity index (χ4n) is 4.21. The summed E-state index contributed by atoms with van der Waals surface area (Å²) in [7, 11) is 1.88. The second kappa shape index (κ2) is 7.24. The van der Waals surface area contributed by atoms with E-state index in [4.69, 9.17) is 4.74 Å². The van der Waals surface area contributed by atoms with E-state index in [0.29, 0.717) is 18.8 Å². The smallest absolute Gasteiger partial charge is 0.315 e. The molecule has 28 heavy (non-hydrogen) atoms. The Hall–Kier alpha value is -2.93. The minimum absolute atomic E-state index is 0.0657. The first-order chi connectivity index (χ1) is 13.5. The first-order valence-corrected chi connectivity index (χ1v) is 9.30. The molecule has 7 heteroatoms. The van der Waals surface area contributed by atoms with E-state index in [2.05, 4.69) is 4.98 Å². The van der Waals surface area contributed by atoms with E-state index >= 15 is 0 Å². The number of amides is 1. The molecule has 0 radical (unpaired) electrons. The van der Waals surface area contributed by atoms with E-state index in [1.807, 2.05) is 48.3 Å². The van der Waals surface area contributed by atoms with Gasteiger partial charge in [0, 0.05) is 43.5 Å². The molecule has 1 amide bonds. The minimum Gasteiger partial charge on any atom is -0.492 e. The number of aromatic nitrogens is 1. The number of pyridine rings is 1. The van der Waals surface area contributed by atoms with E-state index in [-0.39, 0.29) is 31.5 Å². The van der Waals surface area contributed by atoms with Crippen molar-refractivity contribution in [3.63, 3.8) is 0 Å². The Labute approximate surface area is 163 Å². The quantitative estimate of drug-likeness (QED) is 0.847. The SMILES string of the molecule is CN(CC(=O)N1C[C@@H]2c3ccccc3OC[C@]2(C(=O)O)C1)Cc1ccncc1. The number of benzene rings is 1. The summed E-state index contributed by atoms with van der Waals surface area (Å²) >= 11 is 0. The molecule has 1 aromatic carbocycles. The average molecular weight is 381 g/mol. The highest BCUT2D eigenvalue weighted by molar-refractivity contribution is 5.83. The summed E-state index contributed by atoms with van der Waals surface area (Å²) in [6, 6.07) is 11.3. The molecule has 0 spiro atoms. The summed E-state index contributed by atoms with van der Waals surface area (Å²) in [5.74, 6) is -0.519. The zero-order valence-electron chi connectivity index (χ0n) is 15.7. The third-order valence-corrected chi connectivity index (χ3v) is 5.71. The molecule has 1 saturated heterocycles. The number of likely N-dealkylation sites (tertiary alicyclic amines) is 1. The molecule has 146 valence electrons. The van der Waals surface area contributed by atoms with Crippen molar-refractivity contribution >= 4 is 11.9 Å². The van der Waals surface area contributed by atoms with Gasteiger partial charge < -0.3 is 14.7 Å². The van der Waals surface area contributed by atoms with Crippen molar-refractivity contribution in [1.82, 2.24) is 14.8 Å². The number of carboxylic acid groups (broad SMARTS) is 1. The van der Waals surface area contributed by atoms with Crippen molar-refractivity contribution in [2.24, 2.45) is 5.41 Å². The molecule has 0 bridgehead atoms. The Kier molecular flexibility index (Phi) is 4.77. The lowest BCUT2D eigenvalue weighted by molar-refractivity contribution is -0.152. The summed E-state index contributed by atoms with van der Waals surface area (Å²) in [5.41, 5.74) is 0.856. The molecule has 0 unspecified atom stereocenters. The van der Waals surface area contributed by atoms with E-state index < -0.39 is 11.4 Å². The summed E-state index contributed by atoms with van der Waals surface area (Å²) in [6.07, 6.45) is 3.45. The van der Waals surface area contributed by atoms with Crippen LogP contribution in [0.2, 0.25) is 0 Å². The summed E-state index contributed by atoms with van der Waals surface area (Å²) in [4.78, 5) is 32.7. The van der Waals surface area contributed by atoms with Gasteiger partial charge in [-0.3, -0.25) is 19.5 Å². The highest BCUT2D eigenvalue weighted by Gasteiger charge is 2.57. The minimum atomic E-state index is -1.09. The van der Waals surface area contributed by atoms with Crippen LogP contribution < -0.4 is 4.74 Å². The summed E-state index contributed by atoms with van der Waals surface area (Å²) < 4.78 is 5.76. The topological polar surface area (TPSA) is 83.0 Å². The molecule has 1 fully saturated rings. The highest BCUT2D eigenvalue weighted by atomic mass is 16.5. The Morgan fingerprint density at radius 1 is 1.29 bits per heavy atom. The largest absolute Gasteiger partial charge is 0.492 e. The summed E-state index contributed by atoms with van der Waals surface area (Å²) in [5, 5.41) is 9.97. The number of hydrogen-bond donors (Lipinski definition) is 1. The molecule has 0 aliphatic carbocycles. The van der Waals surface area contributed by atoms with Gasteiger partial charge in [-0.25, -0.2) is 0 Å². The van der Waals surface area contributed by atoms with Gasteiger partial charge in [0.1, 0.15) is 17.8 Å². The first-order valence-electron chi connectivity index (χ1n) is 9.30. The van der Waals surface area contributed by atoms with Crippen molar-refractivity contribution in [1.29, 1.82) is 0 Å². The van der Waals surface area contributed by atoms with Gasteiger partial charge in [-0.15, -0.1) is 0 Å².